The van der Waals surface area contributed by atoms with Crippen LogP contribution in [-0.4, -0.2) is 15.2 Å². The van der Waals surface area contributed by atoms with Crippen molar-refractivity contribution in [3.05, 3.63) is 34.0 Å². The standard InChI is InChI=1S/C7H4ClN3O2/c8-5-2-1-4(3-9-5)6-10-11-7(12)13-6/h1-3H,(H,11,12). The normalized spacial score (nSPS) is 10.2. The Bertz CT molecular complexity index is 459. The third kappa shape index (κ3) is 1.59. The highest BCUT2D eigenvalue weighted by Gasteiger charge is 2.04. The molecule has 0 bridgehead atoms. The summed E-state index contributed by atoms with van der Waals surface area (Å²) in [5, 5.41) is 6.15. The summed E-state index contributed by atoms with van der Waals surface area (Å²) in [4.78, 5) is 14.4. The second-order valence-electron chi connectivity index (χ2n) is 2.29. The average Bonchev–Trinajstić information content (AvgIpc) is 2.53. The number of nitrogens with zero attached hydrogens (tertiary/aromatic N) is 2. The third-order valence-electron chi connectivity index (χ3n) is 1.41. The minimum absolute atomic E-state index is 0.203. The van der Waals surface area contributed by atoms with E-state index < -0.39 is 5.76 Å². The summed E-state index contributed by atoms with van der Waals surface area (Å²) < 4.78 is 4.70. The zero-order valence-electron chi connectivity index (χ0n) is 6.32. The Morgan fingerprint density at radius 2 is 2.31 bits per heavy atom. The first kappa shape index (κ1) is 8.00. The minimum atomic E-state index is -0.593. The molecule has 13 heavy (non-hydrogen) atoms. The Hall–Kier alpha value is -1.62. The topological polar surface area (TPSA) is 71.8 Å². The molecule has 6 heteroatoms. The van der Waals surface area contributed by atoms with Crippen LogP contribution in [0.2, 0.25) is 5.15 Å². The van der Waals surface area contributed by atoms with Crippen molar-refractivity contribution in [1.82, 2.24) is 15.2 Å². The van der Waals surface area contributed by atoms with E-state index in [2.05, 4.69) is 15.2 Å². The largest absolute Gasteiger partial charge is 0.434 e. The van der Waals surface area contributed by atoms with Gasteiger partial charge in [0.05, 0.1) is 5.56 Å². The lowest BCUT2D eigenvalue weighted by Gasteiger charge is -1.91. The van der Waals surface area contributed by atoms with E-state index in [-0.39, 0.29) is 5.89 Å². The number of hydrogen-bond donors (Lipinski definition) is 1. The van der Waals surface area contributed by atoms with Crippen LogP contribution >= 0.6 is 11.6 Å². The fourth-order valence-electron chi connectivity index (χ4n) is 0.856. The van der Waals surface area contributed by atoms with Crippen molar-refractivity contribution in [2.24, 2.45) is 0 Å². The third-order valence-corrected chi connectivity index (χ3v) is 1.64. The highest BCUT2D eigenvalue weighted by molar-refractivity contribution is 6.29. The van der Waals surface area contributed by atoms with Gasteiger partial charge in [-0.2, -0.15) is 0 Å². The van der Waals surface area contributed by atoms with Gasteiger partial charge in [-0.3, -0.25) is 0 Å². The van der Waals surface area contributed by atoms with Gasteiger partial charge < -0.3 is 4.42 Å². The van der Waals surface area contributed by atoms with Crippen molar-refractivity contribution < 1.29 is 4.42 Å². The van der Waals surface area contributed by atoms with E-state index >= 15 is 0 Å². The fraction of sp³-hybridized carbons (Fsp3) is 0. The van der Waals surface area contributed by atoms with Gasteiger partial charge in [-0.1, -0.05) is 11.6 Å². The highest BCUT2D eigenvalue weighted by atomic mass is 35.5. The lowest BCUT2D eigenvalue weighted by atomic mass is 10.3. The number of nitrogens with one attached hydrogen (secondary N) is 1. The van der Waals surface area contributed by atoms with Crippen LogP contribution in [0.15, 0.2) is 27.5 Å². The van der Waals surface area contributed by atoms with E-state index in [4.69, 9.17) is 16.0 Å². The van der Waals surface area contributed by atoms with E-state index in [1.54, 1.807) is 12.1 Å². The molecule has 2 heterocycles. The molecule has 2 aromatic heterocycles. The first-order chi connectivity index (χ1) is 6.25. The first-order valence-corrected chi connectivity index (χ1v) is 3.81. The molecule has 0 aromatic carbocycles. The maximum atomic E-state index is 10.6. The van der Waals surface area contributed by atoms with E-state index in [9.17, 15) is 4.79 Å². The van der Waals surface area contributed by atoms with Crippen molar-refractivity contribution >= 4 is 11.6 Å². The van der Waals surface area contributed by atoms with Crippen molar-refractivity contribution in [3.63, 3.8) is 0 Å². The van der Waals surface area contributed by atoms with Crippen molar-refractivity contribution in [2.75, 3.05) is 0 Å². The molecule has 0 amide bonds. The summed E-state index contributed by atoms with van der Waals surface area (Å²) in [5.41, 5.74) is 0.600. The average molecular weight is 198 g/mol. The van der Waals surface area contributed by atoms with Crippen LogP contribution in [0.1, 0.15) is 0 Å². The Kier molecular flexibility index (Phi) is 1.86. The predicted octanol–water partition coefficient (Wildman–Crippen LogP) is 1.08. The van der Waals surface area contributed by atoms with E-state index in [0.29, 0.717) is 10.7 Å². The number of aromatic nitrogens is 3. The van der Waals surface area contributed by atoms with E-state index in [1.165, 1.54) is 6.20 Å². The number of pyridine rings is 1. The second-order valence-corrected chi connectivity index (χ2v) is 2.68. The van der Waals surface area contributed by atoms with Crippen LogP contribution in [0.5, 0.6) is 0 Å². The van der Waals surface area contributed by atoms with Gasteiger partial charge in [0.15, 0.2) is 0 Å². The minimum Gasteiger partial charge on any atom is -0.388 e. The van der Waals surface area contributed by atoms with Gasteiger partial charge in [-0.05, 0) is 12.1 Å². The molecule has 2 aromatic rings. The lowest BCUT2D eigenvalue weighted by Crippen LogP contribution is -1.93. The van der Waals surface area contributed by atoms with Gasteiger partial charge >= 0.3 is 5.76 Å². The van der Waals surface area contributed by atoms with Crippen LogP contribution in [0.3, 0.4) is 0 Å². The smallest absolute Gasteiger partial charge is 0.388 e. The van der Waals surface area contributed by atoms with Crippen molar-refractivity contribution in [3.8, 4) is 11.5 Å². The predicted molar refractivity (Wildman–Crippen MR) is 45.4 cm³/mol. The van der Waals surface area contributed by atoms with Gasteiger partial charge in [0, 0.05) is 6.20 Å². The zero-order valence-corrected chi connectivity index (χ0v) is 7.08. The molecular formula is C7H4ClN3O2. The SMILES string of the molecule is O=c1[nH]nc(-c2ccc(Cl)nc2)o1. The second kappa shape index (κ2) is 3.02. The maximum absolute atomic E-state index is 10.6. The molecule has 0 atom stereocenters. The maximum Gasteiger partial charge on any atom is 0.434 e. The van der Waals surface area contributed by atoms with Gasteiger partial charge in [0.1, 0.15) is 5.15 Å². The fourth-order valence-corrected chi connectivity index (χ4v) is 0.967. The quantitative estimate of drug-likeness (QED) is 0.695. The Morgan fingerprint density at radius 3 is 2.85 bits per heavy atom. The molecule has 0 fully saturated rings. The number of hydrogen-bond acceptors (Lipinski definition) is 4. The van der Waals surface area contributed by atoms with E-state index in [0.717, 1.165) is 0 Å². The number of aromatic amines is 1. The summed E-state index contributed by atoms with van der Waals surface area (Å²) in [5.74, 6) is -0.390. The molecular weight excluding hydrogens is 194 g/mol. The Morgan fingerprint density at radius 1 is 1.46 bits per heavy atom. The van der Waals surface area contributed by atoms with Gasteiger partial charge in [-0.15, -0.1) is 5.10 Å². The van der Waals surface area contributed by atoms with Crippen molar-refractivity contribution in [2.45, 2.75) is 0 Å². The molecule has 1 N–H and O–H groups in total. The molecule has 5 nitrogen and oxygen atoms in total. The summed E-state index contributed by atoms with van der Waals surface area (Å²) in [6.07, 6.45) is 1.47. The van der Waals surface area contributed by atoms with E-state index in [1.807, 2.05) is 0 Å². The first-order valence-electron chi connectivity index (χ1n) is 3.43. The number of H-pyrrole nitrogens is 1. The molecule has 0 radical (unpaired) electrons. The summed E-state index contributed by atoms with van der Waals surface area (Å²) in [6, 6.07) is 3.25. The lowest BCUT2D eigenvalue weighted by molar-refractivity contribution is 0.527. The monoisotopic (exact) mass is 197 g/mol. The molecule has 0 unspecified atom stereocenters. The van der Waals surface area contributed by atoms with Gasteiger partial charge in [0.25, 0.3) is 5.89 Å². The molecule has 0 saturated carbocycles. The molecule has 0 aliphatic heterocycles. The Labute approximate surface area is 77.4 Å². The molecule has 0 saturated heterocycles. The molecule has 0 spiro atoms. The van der Waals surface area contributed by atoms with Crippen LogP contribution < -0.4 is 5.76 Å². The zero-order chi connectivity index (χ0) is 9.26. The highest BCUT2D eigenvalue weighted by Crippen LogP contribution is 2.14. The summed E-state index contributed by atoms with van der Waals surface area (Å²) in [6.45, 7) is 0. The van der Waals surface area contributed by atoms with Crippen LogP contribution in [0, 0.1) is 0 Å². The molecule has 0 aliphatic rings. The summed E-state index contributed by atoms with van der Waals surface area (Å²) >= 11 is 5.57. The van der Waals surface area contributed by atoms with Gasteiger partial charge in [0.2, 0.25) is 0 Å². The van der Waals surface area contributed by atoms with Crippen LogP contribution in [-0.2, 0) is 0 Å². The van der Waals surface area contributed by atoms with Gasteiger partial charge in [-0.25, -0.2) is 14.9 Å². The Balaban J connectivity index is 2.47. The molecule has 2 rings (SSSR count). The van der Waals surface area contributed by atoms with Crippen LogP contribution in [0.4, 0.5) is 0 Å². The van der Waals surface area contributed by atoms with Crippen molar-refractivity contribution in [1.29, 1.82) is 0 Å². The van der Waals surface area contributed by atoms with Crippen LogP contribution in [0.25, 0.3) is 11.5 Å². The molecule has 66 valence electrons. The summed E-state index contributed by atoms with van der Waals surface area (Å²) in [7, 11) is 0. The number of halogens is 1. The molecule has 0 aliphatic carbocycles. The number of rotatable bonds is 1.